The SMILES string of the molecule is CCc1ccc2c(n1)OCCNC2. The number of nitrogens with one attached hydrogen (secondary N) is 1. The van der Waals surface area contributed by atoms with E-state index in [2.05, 4.69) is 29.4 Å². The molecular formula is C10H14N2O. The first-order valence-electron chi connectivity index (χ1n) is 4.72. The lowest BCUT2D eigenvalue weighted by Gasteiger charge is -2.06. The minimum Gasteiger partial charge on any atom is -0.476 e. The molecule has 3 heteroatoms. The van der Waals surface area contributed by atoms with Crippen molar-refractivity contribution in [2.45, 2.75) is 19.9 Å². The third-order valence-corrected chi connectivity index (χ3v) is 2.19. The van der Waals surface area contributed by atoms with Crippen LogP contribution in [0.25, 0.3) is 0 Å². The van der Waals surface area contributed by atoms with E-state index in [-0.39, 0.29) is 0 Å². The molecule has 0 saturated carbocycles. The smallest absolute Gasteiger partial charge is 0.218 e. The Morgan fingerprint density at radius 3 is 3.31 bits per heavy atom. The Labute approximate surface area is 78.1 Å². The standard InChI is InChI=1S/C10H14N2O/c1-2-9-4-3-8-7-11-5-6-13-10(8)12-9/h3-4,11H,2,5-7H2,1H3. The third-order valence-electron chi connectivity index (χ3n) is 2.19. The fourth-order valence-electron chi connectivity index (χ4n) is 1.41. The summed E-state index contributed by atoms with van der Waals surface area (Å²) in [4.78, 5) is 4.43. The third kappa shape index (κ3) is 1.80. The highest BCUT2D eigenvalue weighted by atomic mass is 16.5. The van der Waals surface area contributed by atoms with E-state index in [1.165, 1.54) is 0 Å². The predicted molar refractivity (Wildman–Crippen MR) is 50.8 cm³/mol. The summed E-state index contributed by atoms with van der Waals surface area (Å²) < 4.78 is 5.52. The van der Waals surface area contributed by atoms with E-state index < -0.39 is 0 Å². The molecule has 0 unspecified atom stereocenters. The van der Waals surface area contributed by atoms with Gasteiger partial charge in [-0.25, -0.2) is 4.98 Å². The Bertz CT molecular complexity index is 299. The van der Waals surface area contributed by atoms with E-state index in [1.807, 2.05) is 0 Å². The zero-order valence-electron chi connectivity index (χ0n) is 7.84. The molecule has 0 amide bonds. The molecule has 1 N–H and O–H groups in total. The van der Waals surface area contributed by atoms with Gasteiger partial charge in [0.05, 0.1) is 0 Å². The molecule has 0 aliphatic carbocycles. The van der Waals surface area contributed by atoms with Crippen molar-refractivity contribution in [2.24, 2.45) is 0 Å². The zero-order valence-corrected chi connectivity index (χ0v) is 7.84. The minimum atomic E-state index is 0.715. The van der Waals surface area contributed by atoms with Crippen molar-refractivity contribution in [3.05, 3.63) is 23.4 Å². The van der Waals surface area contributed by atoms with E-state index >= 15 is 0 Å². The fraction of sp³-hybridized carbons (Fsp3) is 0.500. The van der Waals surface area contributed by atoms with E-state index in [0.717, 1.165) is 36.6 Å². The first-order chi connectivity index (χ1) is 6.40. The topological polar surface area (TPSA) is 34.1 Å². The number of hydrogen-bond acceptors (Lipinski definition) is 3. The van der Waals surface area contributed by atoms with Gasteiger partial charge < -0.3 is 10.1 Å². The van der Waals surface area contributed by atoms with Gasteiger partial charge in [-0.05, 0) is 12.5 Å². The molecule has 1 aromatic rings. The highest BCUT2D eigenvalue weighted by Crippen LogP contribution is 2.17. The average Bonchev–Trinajstić information content (AvgIpc) is 2.41. The average molecular weight is 178 g/mol. The minimum absolute atomic E-state index is 0.715. The van der Waals surface area contributed by atoms with Gasteiger partial charge in [0.25, 0.3) is 0 Å². The molecule has 1 aliphatic heterocycles. The van der Waals surface area contributed by atoms with Crippen LogP contribution in [0.15, 0.2) is 12.1 Å². The number of rotatable bonds is 1. The molecule has 0 fully saturated rings. The molecule has 2 heterocycles. The fourth-order valence-corrected chi connectivity index (χ4v) is 1.41. The van der Waals surface area contributed by atoms with Crippen LogP contribution >= 0.6 is 0 Å². The highest BCUT2D eigenvalue weighted by Gasteiger charge is 2.09. The van der Waals surface area contributed by atoms with Gasteiger partial charge in [0.1, 0.15) is 6.61 Å². The van der Waals surface area contributed by atoms with Crippen molar-refractivity contribution in [3.63, 3.8) is 0 Å². The van der Waals surface area contributed by atoms with E-state index in [1.54, 1.807) is 0 Å². The van der Waals surface area contributed by atoms with Crippen molar-refractivity contribution >= 4 is 0 Å². The molecule has 0 saturated heterocycles. The molecule has 0 aromatic carbocycles. The van der Waals surface area contributed by atoms with Crippen LogP contribution in [0.1, 0.15) is 18.2 Å². The summed E-state index contributed by atoms with van der Waals surface area (Å²) in [6, 6.07) is 4.16. The van der Waals surface area contributed by atoms with Crippen LogP contribution in [0, 0.1) is 0 Å². The maximum absolute atomic E-state index is 5.52. The van der Waals surface area contributed by atoms with Crippen molar-refractivity contribution in [1.82, 2.24) is 10.3 Å². The maximum Gasteiger partial charge on any atom is 0.218 e. The van der Waals surface area contributed by atoms with Crippen LogP contribution in [-0.2, 0) is 13.0 Å². The highest BCUT2D eigenvalue weighted by molar-refractivity contribution is 5.28. The normalized spacial score (nSPS) is 15.8. The van der Waals surface area contributed by atoms with Crippen LogP contribution in [0.3, 0.4) is 0 Å². The van der Waals surface area contributed by atoms with Crippen LogP contribution in [0.4, 0.5) is 0 Å². The second-order valence-corrected chi connectivity index (χ2v) is 3.15. The van der Waals surface area contributed by atoms with Crippen molar-refractivity contribution in [3.8, 4) is 5.88 Å². The molecule has 13 heavy (non-hydrogen) atoms. The molecule has 70 valence electrons. The number of fused-ring (bicyclic) bond motifs is 1. The summed E-state index contributed by atoms with van der Waals surface area (Å²) in [5, 5.41) is 3.28. The summed E-state index contributed by atoms with van der Waals surface area (Å²) in [5.74, 6) is 0.810. The number of nitrogens with zero attached hydrogens (tertiary/aromatic N) is 1. The summed E-state index contributed by atoms with van der Waals surface area (Å²) in [6.07, 6.45) is 0.962. The van der Waals surface area contributed by atoms with Crippen molar-refractivity contribution < 1.29 is 4.74 Å². The van der Waals surface area contributed by atoms with E-state index in [0.29, 0.717) is 6.61 Å². The Kier molecular flexibility index (Phi) is 2.45. The molecule has 3 nitrogen and oxygen atoms in total. The van der Waals surface area contributed by atoms with E-state index in [4.69, 9.17) is 4.74 Å². The van der Waals surface area contributed by atoms with Crippen LogP contribution in [-0.4, -0.2) is 18.1 Å². The first-order valence-corrected chi connectivity index (χ1v) is 4.72. The number of aryl methyl sites for hydroxylation is 1. The molecule has 1 aliphatic rings. The van der Waals surface area contributed by atoms with Gasteiger partial charge in [-0.15, -0.1) is 0 Å². The van der Waals surface area contributed by atoms with Crippen molar-refractivity contribution in [2.75, 3.05) is 13.2 Å². The van der Waals surface area contributed by atoms with Gasteiger partial charge in [-0.2, -0.15) is 0 Å². The zero-order chi connectivity index (χ0) is 9.10. The lowest BCUT2D eigenvalue weighted by Crippen LogP contribution is -2.16. The van der Waals surface area contributed by atoms with Crippen molar-refractivity contribution in [1.29, 1.82) is 0 Å². The summed E-state index contributed by atoms with van der Waals surface area (Å²) in [6.45, 7) is 4.58. The predicted octanol–water partition coefficient (Wildman–Crippen LogP) is 1.13. The van der Waals surface area contributed by atoms with Gasteiger partial charge in [-0.3, -0.25) is 0 Å². The molecule has 0 radical (unpaired) electrons. The number of pyridine rings is 1. The first kappa shape index (κ1) is 8.51. The Hall–Kier alpha value is -1.09. The molecule has 0 spiro atoms. The van der Waals surface area contributed by atoms with Crippen LogP contribution in [0.2, 0.25) is 0 Å². The van der Waals surface area contributed by atoms with Gasteiger partial charge in [0.2, 0.25) is 5.88 Å². The second-order valence-electron chi connectivity index (χ2n) is 3.15. The summed E-state index contributed by atoms with van der Waals surface area (Å²) in [5.41, 5.74) is 2.26. The second kappa shape index (κ2) is 3.75. The van der Waals surface area contributed by atoms with Gasteiger partial charge in [-0.1, -0.05) is 13.0 Å². The lowest BCUT2D eigenvalue weighted by atomic mass is 10.2. The Balaban J connectivity index is 2.32. The van der Waals surface area contributed by atoms with Gasteiger partial charge >= 0.3 is 0 Å². The Morgan fingerprint density at radius 2 is 2.46 bits per heavy atom. The van der Waals surface area contributed by atoms with E-state index in [9.17, 15) is 0 Å². The summed E-state index contributed by atoms with van der Waals surface area (Å²) in [7, 11) is 0. The monoisotopic (exact) mass is 178 g/mol. The van der Waals surface area contributed by atoms with Gasteiger partial charge in [0, 0.05) is 24.3 Å². The van der Waals surface area contributed by atoms with Crippen LogP contribution < -0.4 is 10.1 Å². The molecular weight excluding hydrogens is 164 g/mol. The molecule has 2 rings (SSSR count). The maximum atomic E-state index is 5.52. The van der Waals surface area contributed by atoms with Crippen LogP contribution in [0.5, 0.6) is 5.88 Å². The number of aromatic nitrogens is 1. The number of ether oxygens (including phenoxy) is 1. The molecule has 0 bridgehead atoms. The quantitative estimate of drug-likeness (QED) is 0.700. The molecule has 0 atom stereocenters. The molecule has 1 aromatic heterocycles. The largest absolute Gasteiger partial charge is 0.476 e. The Morgan fingerprint density at radius 1 is 1.54 bits per heavy atom. The van der Waals surface area contributed by atoms with Gasteiger partial charge in [0.15, 0.2) is 0 Å². The number of hydrogen-bond donors (Lipinski definition) is 1. The summed E-state index contributed by atoms with van der Waals surface area (Å²) >= 11 is 0. The lowest BCUT2D eigenvalue weighted by molar-refractivity contribution is 0.313.